The number of hydrogen-bond donors (Lipinski definition) is 6. The van der Waals surface area contributed by atoms with Crippen molar-refractivity contribution in [2.24, 2.45) is 0 Å². The standard InChI is InChI=1S/C72H135NO10/c1-4-7-10-13-16-19-22-25-27-29-31-32-33-35-36-38-41-44-47-50-53-56-59-65(76)71(80)73-63(64(75)58-55-52-49-46-43-40-24-21-18-15-12-9-6-3)62-81-72-70(69(79)68(78)66(61-74)82-72)83-67(77)60-57-54-51-48-45-42-39-37-34-30-28-26-23-20-17-14-11-8-5-2/h25-28,55,58,63-66,68-70,72,74-76,78-79H,4-24,29-54,56-57,59-62H2,1-3H3,(H,73,80)/b27-25+,28-26+,58-55+. The highest BCUT2D eigenvalue weighted by molar-refractivity contribution is 5.80. The van der Waals surface area contributed by atoms with Gasteiger partial charge in [-0.3, -0.25) is 9.59 Å². The van der Waals surface area contributed by atoms with E-state index in [9.17, 15) is 35.1 Å². The smallest absolute Gasteiger partial charge is 0.306 e. The minimum absolute atomic E-state index is 0.124. The Hall–Kier alpha value is -2.12. The summed E-state index contributed by atoms with van der Waals surface area (Å²) in [4.78, 5) is 26.7. The molecule has 1 aliphatic heterocycles. The third-order valence-corrected chi connectivity index (χ3v) is 17.0. The lowest BCUT2D eigenvalue weighted by atomic mass is 9.99. The molecule has 1 aliphatic rings. The highest BCUT2D eigenvalue weighted by Gasteiger charge is 2.47. The molecule has 1 rings (SSSR count). The van der Waals surface area contributed by atoms with Crippen molar-refractivity contribution in [3.8, 4) is 0 Å². The van der Waals surface area contributed by atoms with Gasteiger partial charge in [-0.2, -0.15) is 0 Å². The first-order chi connectivity index (χ1) is 40.7. The zero-order valence-electron chi connectivity index (χ0n) is 54.3. The van der Waals surface area contributed by atoms with Crippen LogP contribution in [0.4, 0.5) is 0 Å². The Morgan fingerprint density at radius 2 is 0.795 bits per heavy atom. The molecular weight excluding hydrogens is 1040 g/mol. The summed E-state index contributed by atoms with van der Waals surface area (Å²) < 4.78 is 17.7. The number of allylic oxidation sites excluding steroid dienone is 5. The van der Waals surface area contributed by atoms with E-state index in [-0.39, 0.29) is 13.0 Å². The van der Waals surface area contributed by atoms with E-state index in [0.717, 1.165) is 57.8 Å². The molecule has 0 aromatic carbocycles. The molecule has 0 saturated carbocycles. The van der Waals surface area contributed by atoms with Crippen LogP contribution in [0.2, 0.25) is 0 Å². The molecular formula is C72H135NO10. The highest BCUT2D eigenvalue weighted by Crippen LogP contribution is 2.26. The molecule has 1 heterocycles. The minimum atomic E-state index is -1.61. The zero-order chi connectivity index (χ0) is 60.3. The second-order valence-corrected chi connectivity index (χ2v) is 25.0. The van der Waals surface area contributed by atoms with Crippen molar-refractivity contribution in [2.45, 2.75) is 397 Å². The largest absolute Gasteiger partial charge is 0.454 e. The summed E-state index contributed by atoms with van der Waals surface area (Å²) in [6, 6.07) is -1.02. The Morgan fingerprint density at radius 1 is 0.458 bits per heavy atom. The lowest BCUT2D eigenvalue weighted by Crippen LogP contribution is -2.61. The fourth-order valence-electron chi connectivity index (χ4n) is 11.3. The molecule has 0 aromatic rings. The number of aliphatic hydroxyl groups excluding tert-OH is 5. The Labute approximate surface area is 511 Å². The summed E-state index contributed by atoms with van der Waals surface area (Å²) in [6.45, 7) is 5.83. The third-order valence-electron chi connectivity index (χ3n) is 17.0. The molecule has 11 heteroatoms. The second kappa shape index (κ2) is 60.2. The van der Waals surface area contributed by atoms with Crippen LogP contribution in [-0.2, 0) is 23.8 Å². The predicted octanol–water partition coefficient (Wildman–Crippen LogP) is 18.2. The number of unbranched alkanes of at least 4 members (excludes halogenated alkanes) is 44. The van der Waals surface area contributed by atoms with Gasteiger partial charge < -0.3 is 45.1 Å². The lowest BCUT2D eigenvalue weighted by molar-refractivity contribution is -0.305. The average molecular weight is 1170 g/mol. The van der Waals surface area contributed by atoms with Crippen LogP contribution in [0.5, 0.6) is 0 Å². The summed E-state index contributed by atoms with van der Waals surface area (Å²) in [6.07, 6.45) is 63.2. The van der Waals surface area contributed by atoms with Crippen LogP contribution in [0, 0.1) is 0 Å². The van der Waals surface area contributed by atoms with Gasteiger partial charge in [-0.1, -0.05) is 301 Å². The zero-order valence-corrected chi connectivity index (χ0v) is 54.3. The van der Waals surface area contributed by atoms with E-state index in [1.807, 2.05) is 6.08 Å². The van der Waals surface area contributed by atoms with Gasteiger partial charge in [-0.25, -0.2) is 0 Å². The van der Waals surface area contributed by atoms with Gasteiger partial charge >= 0.3 is 5.97 Å². The maximum absolute atomic E-state index is 13.5. The van der Waals surface area contributed by atoms with E-state index in [1.54, 1.807) is 6.08 Å². The van der Waals surface area contributed by atoms with Crippen LogP contribution in [0.25, 0.3) is 0 Å². The molecule has 0 aromatic heterocycles. The Bertz CT molecular complexity index is 1490. The number of rotatable bonds is 62. The first kappa shape index (κ1) is 78.9. The molecule has 1 saturated heterocycles. The number of hydrogen-bond acceptors (Lipinski definition) is 10. The van der Waals surface area contributed by atoms with E-state index in [0.29, 0.717) is 19.3 Å². The van der Waals surface area contributed by atoms with Crippen molar-refractivity contribution >= 4 is 11.9 Å². The van der Waals surface area contributed by atoms with Gasteiger partial charge in [-0.15, -0.1) is 0 Å². The molecule has 0 bridgehead atoms. The number of ether oxygens (including phenoxy) is 3. The van der Waals surface area contributed by atoms with E-state index in [2.05, 4.69) is 50.4 Å². The number of aliphatic hydroxyl groups is 5. The van der Waals surface area contributed by atoms with Crippen molar-refractivity contribution in [1.82, 2.24) is 5.32 Å². The molecule has 1 fully saturated rings. The van der Waals surface area contributed by atoms with Gasteiger partial charge in [0, 0.05) is 6.42 Å². The predicted molar refractivity (Wildman–Crippen MR) is 347 cm³/mol. The van der Waals surface area contributed by atoms with Crippen LogP contribution in [0.1, 0.15) is 348 Å². The third kappa shape index (κ3) is 47.6. The van der Waals surface area contributed by atoms with Crippen LogP contribution in [-0.4, -0.2) is 99.6 Å². The summed E-state index contributed by atoms with van der Waals surface area (Å²) in [7, 11) is 0. The van der Waals surface area contributed by atoms with Gasteiger partial charge in [0.2, 0.25) is 5.91 Å². The molecule has 6 N–H and O–H groups in total. The number of nitrogens with one attached hydrogen (secondary N) is 1. The van der Waals surface area contributed by atoms with Crippen molar-refractivity contribution in [2.75, 3.05) is 13.2 Å². The molecule has 83 heavy (non-hydrogen) atoms. The monoisotopic (exact) mass is 1170 g/mol. The molecule has 488 valence electrons. The van der Waals surface area contributed by atoms with E-state index >= 15 is 0 Å². The van der Waals surface area contributed by atoms with Gasteiger partial charge in [0.05, 0.1) is 25.4 Å². The second-order valence-electron chi connectivity index (χ2n) is 25.0. The summed E-state index contributed by atoms with van der Waals surface area (Å²) >= 11 is 0. The molecule has 8 atom stereocenters. The molecule has 0 aliphatic carbocycles. The van der Waals surface area contributed by atoms with Crippen LogP contribution >= 0.6 is 0 Å². The summed E-state index contributed by atoms with van der Waals surface area (Å²) in [5, 5.41) is 57.3. The van der Waals surface area contributed by atoms with Gasteiger partial charge in [0.25, 0.3) is 0 Å². The summed E-state index contributed by atoms with van der Waals surface area (Å²) in [5.74, 6) is -1.18. The number of esters is 1. The molecule has 8 unspecified atom stereocenters. The maximum atomic E-state index is 13.5. The van der Waals surface area contributed by atoms with Gasteiger partial charge in [0.1, 0.15) is 24.4 Å². The summed E-state index contributed by atoms with van der Waals surface area (Å²) in [5.41, 5.74) is 0. The molecule has 0 radical (unpaired) electrons. The van der Waals surface area contributed by atoms with E-state index in [1.165, 1.54) is 244 Å². The normalized spacial score (nSPS) is 18.7. The number of carbonyl (C=O) groups excluding carboxylic acids is 2. The van der Waals surface area contributed by atoms with Gasteiger partial charge in [-0.05, 0) is 77.0 Å². The maximum Gasteiger partial charge on any atom is 0.306 e. The lowest BCUT2D eigenvalue weighted by Gasteiger charge is -2.41. The minimum Gasteiger partial charge on any atom is -0.454 e. The fourth-order valence-corrected chi connectivity index (χ4v) is 11.3. The SMILES string of the molecule is CCCCCCCC/C=C/CCCCCCCCCCCCCCC(O)C(=O)NC(COC1OC(CO)C(O)C(O)C1OC(=O)CCCCCCCCCCC/C=C/CCCCCCCC)C(O)/C=C/CCCCCCCCCCCCC. The van der Waals surface area contributed by atoms with Gasteiger partial charge in [0.15, 0.2) is 12.4 Å². The van der Waals surface area contributed by atoms with Crippen molar-refractivity contribution in [3.63, 3.8) is 0 Å². The van der Waals surface area contributed by atoms with Crippen LogP contribution < -0.4 is 5.32 Å². The number of carbonyl (C=O) groups is 2. The van der Waals surface area contributed by atoms with Crippen molar-refractivity contribution in [3.05, 3.63) is 36.5 Å². The van der Waals surface area contributed by atoms with Crippen LogP contribution in [0.15, 0.2) is 36.5 Å². The molecule has 11 nitrogen and oxygen atoms in total. The average Bonchev–Trinajstić information content (AvgIpc) is 3.54. The molecule has 0 spiro atoms. The van der Waals surface area contributed by atoms with E-state index < -0.39 is 67.4 Å². The molecule has 1 amide bonds. The first-order valence-electron chi connectivity index (χ1n) is 35.8. The quantitative estimate of drug-likeness (QED) is 0.0195. The Balaban J connectivity index is 2.59. The Morgan fingerprint density at radius 3 is 1.17 bits per heavy atom. The first-order valence-corrected chi connectivity index (χ1v) is 35.8. The van der Waals surface area contributed by atoms with E-state index in [4.69, 9.17) is 14.2 Å². The highest BCUT2D eigenvalue weighted by atomic mass is 16.7. The van der Waals surface area contributed by atoms with Crippen molar-refractivity contribution < 1.29 is 49.3 Å². The van der Waals surface area contributed by atoms with Crippen LogP contribution in [0.3, 0.4) is 0 Å². The Kier molecular flexibility index (Phi) is 57.2. The fraction of sp³-hybridized carbons (Fsp3) is 0.889. The van der Waals surface area contributed by atoms with Crippen molar-refractivity contribution in [1.29, 1.82) is 0 Å². The topological polar surface area (TPSA) is 175 Å². The number of amides is 1.